The third kappa shape index (κ3) is 4.68. The number of nitrogens with zero attached hydrogens (tertiary/aromatic N) is 2. The minimum Gasteiger partial charge on any atom is -0.489 e. The van der Waals surface area contributed by atoms with Gasteiger partial charge in [0.2, 0.25) is 0 Å². The van der Waals surface area contributed by atoms with E-state index in [0.29, 0.717) is 12.2 Å². The first kappa shape index (κ1) is 25.3. The molecule has 3 saturated carbocycles. The maximum Gasteiger partial charge on any atom is 0.335 e. The van der Waals surface area contributed by atoms with Crippen molar-refractivity contribution in [3.8, 4) is 5.75 Å². The van der Waals surface area contributed by atoms with Crippen molar-refractivity contribution in [1.29, 1.82) is 0 Å². The summed E-state index contributed by atoms with van der Waals surface area (Å²) in [6, 6.07) is 24.4. The molecule has 1 aliphatic heterocycles. The van der Waals surface area contributed by atoms with E-state index in [-0.39, 0.29) is 16.9 Å². The van der Waals surface area contributed by atoms with Gasteiger partial charge in [0.15, 0.2) is 0 Å². The van der Waals surface area contributed by atoms with Crippen molar-refractivity contribution in [3.63, 3.8) is 0 Å². The van der Waals surface area contributed by atoms with Gasteiger partial charge in [-0.3, -0.25) is 0 Å². The van der Waals surface area contributed by atoms with Gasteiger partial charge in [-0.25, -0.2) is 9.78 Å². The number of imidazole rings is 1. The molecule has 1 atom stereocenters. The average Bonchev–Trinajstić information content (AvgIpc) is 3.30. The lowest BCUT2D eigenvalue weighted by Crippen LogP contribution is -2.45. The number of carbonyl (C=O) groups is 1. The maximum atomic E-state index is 11.7. The zero-order chi connectivity index (χ0) is 27.2. The van der Waals surface area contributed by atoms with E-state index in [2.05, 4.69) is 41.0 Å². The Hall–Kier alpha value is -3.64. The van der Waals surface area contributed by atoms with Crippen LogP contribution in [-0.4, -0.2) is 33.3 Å². The van der Waals surface area contributed by atoms with Crippen LogP contribution in [0.2, 0.25) is 0 Å². The van der Waals surface area contributed by atoms with Crippen LogP contribution >= 0.6 is 0 Å². The highest BCUT2D eigenvalue weighted by atomic mass is 16.5. The molecule has 0 spiro atoms. The lowest BCUT2D eigenvalue weighted by atomic mass is 9.51. The number of benzene rings is 3. The monoisotopic (exact) mass is 536 g/mol. The van der Waals surface area contributed by atoms with E-state index < -0.39 is 5.97 Å². The standard InChI is InChI=1S/C34H36N2O4/c37-32(38)25-9-10-29-30(19-25)36(22-28-11-18-39-28)31(35-29)21-33-12-15-34(16-13-33,17-14-33)26-7-4-8-27(20-26)40-23-24-5-2-1-3-6-24/h1-10,19-20,28H,11-18,21-23H2,(H,37,38). The van der Waals surface area contributed by atoms with Crippen LogP contribution in [0.3, 0.4) is 0 Å². The number of rotatable bonds is 9. The average molecular weight is 537 g/mol. The van der Waals surface area contributed by atoms with E-state index in [1.807, 2.05) is 24.3 Å². The number of aromatic carboxylic acids is 1. The maximum absolute atomic E-state index is 11.7. The molecule has 0 amide bonds. The van der Waals surface area contributed by atoms with Crippen molar-refractivity contribution in [2.75, 3.05) is 6.61 Å². The van der Waals surface area contributed by atoms with Gasteiger partial charge in [0.1, 0.15) is 18.2 Å². The Morgan fingerprint density at radius 2 is 1.75 bits per heavy atom. The third-order valence-electron chi connectivity index (χ3n) is 9.88. The third-order valence-corrected chi connectivity index (χ3v) is 9.88. The summed E-state index contributed by atoms with van der Waals surface area (Å²) in [4.78, 5) is 16.7. The van der Waals surface area contributed by atoms with Crippen LogP contribution in [0.4, 0.5) is 0 Å². The summed E-state index contributed by atoms with van der Waals surface area (Å²) in [5, 5.41) is 9.58. The van der Waals surface area contributed by atoms with Crippen molar-refractivity contribution in [3.05, 3.63) is 95.3 Å². The van der Waals surface area contributed by atoms with Gasteiger partial charge < -0.3 is 19.1 Å². The molecule has 206 valence electrons. The fraction of sp³-hybridized carbons (Fsp3) is 0.412. The van der Waals surface area contributed by atoms with Crippen molar-refractivity contribution >= 4 is 17.0 Å². The van der Waals surface area contributed by atoms with E-state index >= 15 is 0 Å². The normalized spacial score (nSPS) is 25.6. The molecule has 1 saturated heterocycles. The molecule has 4 fully saturated rings. The Bertz CT molecular complexity index is 1510. The predicted octanol–water partition coefficient (Wildman–Crippen LogP) is 6.94. The minimum atomic E-state index is -0.903. The Kier molecular flexibility index (Phi) is 6.38. The van der Waals surface area contributed by atoms with Gasteiger partial charge >= 0.3 is 5.97 Å². The molecule has 4 aromatic rings. The van der Waals surface area contributed by atoms with Gasteiger partial charge in [-0.15, -0.1) is 0 Å². The van der Waals surface area contributed by atoms with E-state index in [9.17, 15) is 9.90 Å². The fourth-order valence-electron chi connectivity index (χ4n) is 7.23. The van der Waals surface area contributed by atoms with Gasteiger partial charge in [-0.1, -0.05) is 42.5 Å². The second kappa shape index (κ2) is 10.1. The number of hydrogen-bond donors (Lipinski definition) is 1. The summed E-state index contributed by atoms with van der Waals surface area (Å²) in [6.45, 7) is 2.13. The number of carboxylic acids is 1. The number of hydrogen-bond acceptors (Lipinski definition) is 4. The number of ether oxygens (including phenoxy) is 2. The Balaban J connectivity index is 1.09. The van der Waals surface area contributed by atoms with E-state index in [0.717, 1.165) is 48.6 Å². The molecule has 6 nitrogen and oxygen atoms in total. The highest BCUT2D eigenvalue weighted by Crippen LogP contribution is 2.59. The summed E-state index contributed by atoms with van der Waals surface area (Å²) in [7, 11) is 0. The molecule has 2 heterocycles. The molecule has 40 heavy (non-hydrogen) atoms. The molecule has 6 heteroatoms. The van der Waals surface area contributed by atoms with Crippen molar-refractivity contribution in [2.24, 2.45) is 5.41 Å². The molecule has 1 aromatic heterocycles. The van der Waals surface area contributed by atoms with Gasteiger partial charge in [0, 0.05) is 13.0 Å². The van der Waals surface area contributed by atoms with Gasteiger partial charge in [0.05, 0.1) is 29.2 Å². The quantitative estimate of drug-likeness (QED) is 0.251. The molecule has 3 aliphatic carbocycles. The fourth-order valence-corrected chi connectivity index (χ4v) is 7.23. The molecule has 2 bridgehead atoms. The summed E-state index contributed by atoms with van der Waals surface area (Å²) in [5.41, 5.74) is 5.17. The molecule has 4 aliphatic rings. The predicted molar refractivity (Wildman–Crippen MR) is 154 cm³/mol. The highest BCUT2D eigenvalue weighted by Gasteiger charge is 2.49. The summed E-state index contributed by atoms with van der Waals surface area (Å²) < 4.78 is 14.2. The Morgan fingerprint density at radius 3 is 2.45 bits per heavy atom. The first-order valence-electron chi connectivity index (χ1n) is 14.6. The smallest absolute Gasteiger partial charge is 0.335 e. The SMILES string of the molecule is O=C(O)c1ccc2nc(CC34CCC(c5cccc(OCc6ccccc6)c5)(CC3)CC4)n(CC3CCO3)c2c1. The Morgan fingerprint density at radius 1 is 0.975 bits per heavy atom. The van der Waals surface area contributed by atoms with Crippen LogP contribution in [-0.2, 0) is 29.7 Å². The van der Waals surface area contributed by atoms with Crippen LogP contribution in [0.1, 0.15) is 72.3 Å². The van der Waals surface area contributed by atoms with Crippen molar-refractivity contribution < 1.29 is 19.4 Å². The Labute approximate surface area is 235 Å². The van der Waals surface area contributed by atoms with Crippen LogP contribution in [0.15, 0.2) is 72.8 Å². The van der Waals surface area contributed by atoms with Crippen molar-refractivity contribution in [2.45, 2.75) is 76.0 Å². The largest absolute Gasteiger partial charge is 0.489 e. The summed E-state index contributed by atoms with van der Waals surface area (Å²) in [6.07, 6.45) is 9.28. The van der Waals surface area contributed by atoms with E-state index in [1.54, 1.807) is 12.1 Å². The summed E-state index contributed by atoms with van der Waals surface area (Å²) >= 11 is 0. The van der Waals surface area contributed by atoms with Crippen LogP contribution in [0.5, 0.6) is 5.75 Å². The lowest BCUT2D eigenvalue weighted by Gasteiger charge is -2.54. The second-order valence-corrected chi connectivity index (χ2v) is 12.2. The number of aromatic nitrogens is 2. The highest BCUT2D eigenvalue weighted by molar-refractivity contribution is 5.92. The van der Waals surface area contributed by atoms with Gasteiger partial charge in [-0.2, -0.15) is 0 Å². The van der Waals surface area contributed by atoms with Crippen molar-refractivity contribution in [1.82, 2.24) is 9.55 Å². The molecular weight excluding hydrogens is 500 g/mol. The van der Waals surface area contributed by atoms with E-state index in [4.69, 9.17) is 14.5 Å². The van der Waals surface area contributed by atoms with Crippen LogP contribution < -0.4 is 4.74 Å². The van der Waals surface area contributed by atoms with Crippen LogP contribution in [0.25, 0.3) is 11.0 Å². The van der Waals surface area contributed by atoms with Gasteiger partial charge in [-0.05, 0) is 97.2 Å². The van der Waals surface area contributed by atoms with Gasteiger partial charge in [0.25, 0.3) is 0 Å². The topological polar surface area (TPSA) is 73.6 Å². The zero-order valence-electron chi connectivity index (χ0n) is 22.9. The zero-order valence-corrected chi connectivity index (χ0v) is 22.9. The lowest BCUT2D eigenvalue weighted by molar-refractivity contribution is -0.0594. The first-order chi connectivity index (χ1) is 19.5. The van der Waals surface area contributed by atoms with Crippen LogP contribution in [0, 0.1) is 5.41 Å². The minimum absolute atomic E-state index is 0.184. The first-order valence-corrected chi connectivity index (χ1v) is 14.6. The molecule has 1 N–H and O–H groups in total. The second-order valence-electron chi connectivity index (χ2n) is 12.2. The molecule has 0 radical (unpaired) electrons. The number of fused-ring (bicyclic) bond motifs is 4. The summed E-state index contributed by atoms with van der Waals surface area (Å²) in [5.74, 6) is 1.13. The molecule has 8 rings (SSSR count). The molecular formula is C34H36N2O4. The molecule has 1 unspecified atom stereocenters. The van der Waals surface area contributed by atoms with E-state index in [1.165, 1.54) is 49.7 Å². The number of carboxylic acid groups (broad SMARTS) is 1. The molecule has 3 aromatic carbocycles.